The summed E-state index contributed by atoms with van der Waals surface area (Å²) in [5, 5.41) is 0. The van der Waals surface area contributed by atoms with Crippen LogP contribution < -0.4 is 0 Å². The fraction of sp³-hybridized carbons (Fsp3) is 0.167. The van der Waals surface area contributed by atoms with Gasteiger partial charge in [0.25, 0.3) is 0 Å². The van der Waals surface area contributed by atoms with Crippen molar-refractivity contribution in [1.29, 1.82) is 0 Å². The van der Waals surface area contributed by atoms with Crippen LogP contribution >= 0.6 is 0 Å². The van der Waals surface area contributed by atoms with Crippen molar-refractivity contribution in [2.45, 2.75) is 18.8 Å². The van der Waals surface area contributed by atoms with Crippen LogP contribution in [0.15, 0.2) is 66.9 Å². The predicted octanol–water partition coefficient (Wildman–Crippen LogP) is 4.42. The monoisotopic (exact) mass is 260 g/mol. The molecule has 0 unspecified atom stereocenters. The van der Waals surface area contributed by atoms with Crippen LogP contribution in [0, 0.1) is 0 Å². The van der Waals surface area contributed by atoms with Crippen molar-refractivity contribution in [2.24, 2.45) is 0 Å². The molecule has 1 fully saturated rings. The third kappa shape index (κ3) is 2.03. The highest BCUT2D eigenvalue weighted by Crippen LogP contribution is 2.40. The minimum absolute atomic E-state index is 0.669. The summed E-state index contributed by atoms with van der Waals surface area (Å²) in [7, 11) is 0. The summed E-state index contributed by atoms with van der Waals surface area (Å²) in [4.78, 5) is 4.88. The fourth-order valence-corrected chi connectivity index (χ4v) is 2.55. The number of aromatic nitrogens is 2. The maximum atomic E-state index is 4.88. The zero-order chi connectivity index (χ0) is 13.4. The van der Waals surface area contributed by atoms with Gasteiger partial charge in [0.05, 0.1) is 5.69 Å². The third-order valence-electron chi connectivity index (χ3n) is 3.79. The Bertz CT molecular complexity index is 653. The van der Waals surface area contributed by atoms with Crippen LogP contribution in [0.4, 0.5) is 0 Å². The molecular weight excluding hydrogens is 244 g/mol. The van der Waals surface area contributed by atoms with Crippen LogP contribution in [-0.4, -0.2) is 9.55 Å². The summed E-state index contributed by atoms with van der Waals surface area (Å²) < 4.78 is 2.21. The van der Waals surface area contributed by atoms with Crippen LogP contribution in [0.3, 0.4) is 0 Å². The second-order valence-corrected chi connectivity index (χ2v) is 5.34. The highest BCUT2D eigenvalue weighted by molar-refractivity contribution is 5.59. The van der Waals surface area contributed by atoms with E-state index in [2.05, 4.69) is 59.3 Å². The summed E-state index contributed by atoms with van der Waals surface area (Å²) in [6.45, 7) is 0. The number of hydrogen-bond acceptors (Lipinski definition) is 1. The molecule has 1 aliphatic carbocycles. The molecule has 0 radical (unpaired) electrons. The Kier molecular flexibility index (Phi) is 2.66. The minimum atomic E-state index is 0.669. The van der Waals surface area contributed by atoms with Gasteiger partial charge in [-0.2, -0.15) is 0 Å². The number of imidazole rings is 1. The smallest absolute Gasteiger partial charge is 0.144 e. The quantitative estimate of drug-likeness (QED) is 0.681. The molecule has 20 heavy (non-hydrogen) atoms. The first-order valence-corrected chi connectivity index (χ1v) is 7.12. The van der Waals surface area contributed by atoms with Crippen molar-refractivity contribution in [2.75, 3.05) is 0 Å². The summed E-state index contributed by atoms with van der Waals surface area (Å²) in [6.07, 6.45) is 4.76. The molecule has 3 aromatic rings. The van der Waals surface area contributed by atoms with E-state index in [1.165, 1.54) is 29.8 Å². The van der Waals surface area contributed by atoms with E-state index in [1.54, 1.807) is 0 Å². The molecule has 0 spiro atoms. The normalized spacial score (nSPS) is 14.4. The van der Waals surface area contributed by atoms with Gasteiger partial charge in [0, 0.05) is 23.4 Å². The van der Waals surface area contributed by atoms with Gasteiger partial charge in [-0.25, -0.2) is 4.98 Å². The molecule has 98 valence electrons. The molecule has 2 aromatic carbocycles. The van der Waals surface area contributed by atoms with Gasteiger partial charge in [0.2, 0.25) is 0 Å². The van der Waals surface area contributed by atoms with E-state index < -0.39 is 0 Å². The van der Waals surface area contributed by atoms with Gasteiger partial charge >= 0.3 is 0 Å². The topological polar surface area (TPSA) is 17.8 Å². The average molecular weight is 260 g/mol. The average Bonchev–Trinajstić information content (AvgIpc) is 3.28. The summed E-state index contributed by atoms with van der Waals surface area (Å²) >= 11 is 0. The van der Waals surface area contributed by atoms with E-state index >= 15 is 0 Å². The fourth-order valence-electron chi connectivity index (χ4n) is 2.55. The molecule has 0 N–H and O–H groups in total. The van der Waals surface area contributed by atoms with E-state index in [4.69, 9.17) is 4.98 Å². The molecule has 1 saturated carbocycles. The van der Waals surface area contributed by atoms with Gasteiger partial charge in [-0.05, 0) is 25.0 Å². The lowest BCUT2D eigenvalue weighted by Crippen LogP contribution is -1.95. The van der Waals surface area contributed by atoms with Crippen LogP contribution in [0.1, 0.15) is 24.5 Å². The Morgan fingerprint density at radius 2 is 1.50 bits per heavy atom. The lowest BCUT2D eigenvalue weighted by Gasteiger charge is -2.07. The number of para-hydroxylation sites is 1. The summed E-state index contributed by atoms with van der Waals surface area (Å²) in [6, 6.07) is 20.9. The van der Waals surface area contributed by atoms with Crippen molar-refractivity contribution in [3.8, 4) is 17.1 Å². The number of rotatable bonds is 3. The molecule has 2 nitrogen and oxygen atoms in total. The third-order valence-corrected chi connectivity index (χ3v) is 3.79. The maximum Gasteiger partial charge on any atom is 0.144 e. The Labute approximate surface area is 118 Å². The SMILES string of the molecule is c1ccc(-c2nc(C3CC3)cn2-c2ccccc2)cc1. The molecule has 4 rings (SSSR count). The zero-order valence-corrected chi connectivity index (χ0v) is 11.2. The van der Waals surface area contributed by atoms with Crippen molar-refractivity contribution in [3.05, 3.63) is 72.6 Å². The minimum Gasteiger partial charge on any atom is -0.300 e. The second kappa shape index (κ2) is 4.64. The molecule has 0 aliphatic heterocycles. The second-order valence-electron chi connectivity index (χ2n) is 5.34. The van der Waals surface area contributed by atoms with E-state index in [1.807, 2.05) is 12.1 Å². The Balaban J connectivity index is 1.88. The first kappa shape index (κ1) is 11.5. The first-order chi connectivity index (χ1) is 9.92. The van der Waals surface area contributed by atoms with Gasteiger partial charge in [0.1, 0.15) is 5.82 Å². The Morgan fingerprint density at radius 1 is 0.850 bits per heavy atom. The lowest BCUT2D eigenvalue weighted by molar-refractivity contribution is 1.05. The van der Waals surface area contributed by atoms with Gasteiger partial charge in [-0.15, -0.1) is 0 Å². The molecule has 1 aliphatic rings. The van der Waals surface area contributed by atoms with E-state index in [9.17, 15) is 0 Å². The molecule has 0 saturated heterocycles. The zero-order valence-electron chi connectivity index (χ0n) is 11.2. The maximum absolute atomic E-state index is 4.88. The van der Waals surface area contributed by atoms with Crippen molar-refractivity contribution in [1.82, 2.24) is 9.55 Å². The van der Waals surface area contributed by atoms with Gasteiger partial charge in [0.15, 0.2) is 0 Å². The lowest BCUT2D eigenvalue weighted by atomic mass is 10.2. The molecule has 0 amide bonds. The van der Waals surface area contributed by atoms with Crippen LogP contribution in [0.25, 0.3) is 17.1 Å². The molecule has 1 heterocycles. The van der Waals surface area contributed by atoms with Crippen LogP contribution in [-0.2, 0) is 0 Å². The number of hydrogen-bond donors (Lipinski definition) is 0. The largest absolute Gasteiger partial charge is 0.300 e. The van der Waals surface area contributed by atoms with Crippen molar-refractivity contribution in [3.63, 3.8) is 0 Å². The Hall–Kier alpha value is -2.35. The highest BCUT2D eigenvalue weighted by atomic mass is 15.1. The first-order valence-electron chi connectivity index (χ1n) is 7.12. The molecule has 2 heteroatoms. The Morgan fingerprint density at radius 3 is 2.15 bits per heavy atom. The van der Waals surface area contributed by atoms with Crippen molar-refractivity contribution < 1.29 is 0 Å². The molecule has 0 atom stereocenters. The van der Waals surface area contributed by atoms with Crippen LogP contribution in [0.2, 0.25) is 0 Å². The standard InChI is InChI=1S/C18H16N2/c1-3-7-15(8-4-1)18-19-17(14-11-12-14)13-20(18)16-9-5-2-6-10-16/h1-10,13-14H,11-12H2. The highest BCUT2D eigenvalue weighted by Gasteiger charge is 2.27. The van der Waals surface area contributed by atoms with E-state index in [0.29, 0.717) is 5.92 Å². The summed E-state index contributed by atoms with van der Waals surface area (Å²) in [5.74, 6) is 1.71. The van der Waals surface area contributed by atoms with Gasteiger partial charge in [-0.3, -0.25) is 4.57 Å². The summed E-state index contributed by atoms with van der Waals surface area (Å²) in [5.41, 5.74) is 3.57. The predicted molar refractivity (Wildman–Crippen MR) is 81.0 cm³/mol. The number of nitrogens with zero attached hydrogens (tertiary/aromatic N) is 2. The van der Waals surface area contributed by atoms with Crippen LogP contribution in [0.5, 0.6) is 0 Å². The van der Waals surface area contributed by atoms with Gasteiger partial charge < -0.3 is 0 Å². The van der Waals surface area contributed by atoms with Gasteiger partial charge in [-0.1, -0.05) is 48.5 Å². The molecule has 0 bridgehead atoms. The molecular formula is C18H16N2. The van der Waals surface area contributed by atoms with E-state index in [-0.39, 0.29) is 0 Å². The number of benzene rings is 2. The van der Waals surface area contributed by atoms with Crippen molar-refractivity contribution >= 4 is 0 Å². The van der Waals surface area contributed by atoms with E-state index in [0.717, 1.165) is 5.82 Å². The molecule has 1 aromatic heterocycles.